The molecule has 0 heterocycles. The number of unbranched alkanes of at least 4 members (excludes halogenated alkanes) is 1. The number of hydrogen-bond donors (Lipinski definition) is 1. The Morgan fingerprint density at radius 3 is 1.97 bits per heavy atom. The van der Waals surface area contributed by atoms with Crippen LogP contribution in [0.25, 0.3) is 0 Å². The van der Waals surface area contributed by atoms with Crippen molar-refractivity contribution in [1.82, 2.24) is 5.32 Å². The van der Waals surface area contributed by atoms with Gasteiger partial charge in [-0.2, -0.15) is 0 Å². The Kier molecular flexibility index (Phi) is 25.5. The predicted molar refractivity (Wildman–Crippen MR) is 130 cm³/mol. The highest BCUT2D eigenvalue weighted by atomic mass is 19.1. The van der Waals surface area contributed by atoms with Crippen LogP contribution in [0.15, 0.2) is 34.6 Å². The van der Waals surface area contributed by atoms with Crippen molar-refractivity contribution in [1.29, 1.82) is 0 Å². The molecule has 0 rings (SSSR count). The van der Waals surface area contributed by atoms with E-state index in [1.807, 2.05) is 34.6 Å². The van der Waals surface area contributed by atoms with Crippen LogP contribution >= 0.6 is 0 Å². The fourth-order valence-corrected chi connectivity index (χ4v) is 2.79. The van der Waals surface area contributed by atoms with Gasteiger partial charge in [0.05, 0.1) is 6.67 Å². The third-order valence-electron chi connectivity index (χ3n) is 4.71. The van der Waals surface area contributed by atoms with Crippen LogP contribution < -0.4 is 5.32 Å². The minimum absolute atomic E-state index is 0.156. The van der Waals surface area contributed by atoms with Gasteiger partial charge in [-0.25, -0.2) is 0 Å². The lowest BCUT2D eigenvalue weighted by molar-refractivity contribution is -0.104. The molecule has 0 radical (unpaired) electrons. The number of halogens is 1. The zero-order valence-electron chi connectivity index (χ0n) is 21.1. The molecule has 0 aliphatic heterocycles. The molecular weight excluding hydrogens is 361 g/mol. The molecule has 0 amide bonds. The van der Waals surface area contributed by atoms with Crippen LogP contribution in [0.5, 0.6) is 0 Å². The summed E-state index contributed by atoms with van der Waals surface area (Å²) in [7, 11) is 0. The molecule has 0 aromatic rings. The topological polar surface area (TPSA) is 29.1 Å². The van der Waals surface area contributed by atoms with Gasteiger partial charge < -0.3 is 5.32 Å². The fourth-order valence-electron chi connectivity index (χ4n) is 2.79. The first-order chi connectivity index (χ1) is 13.8. The van der Waals surface area contributed by atoms with Gasteiger partial charge in [0, 0.05) is 17.3 Å². The third kappa shape index (κ3) is 18.4. The van der Waals surface area contributed by atoms with Gasteiger partial charge in [0.1, 0.15) is 0 Å². The average molecular weight is 412 g/mol. The smallest absolute Gasteiger partial charge is 0.150 e. The van der Waals surface area contributed by atoms with Crippen LogP contribution in [0.1, 0.15) is 108 Å². The molecule has 0 bridgehead atoms. The molecule has 2 atom stereocenters. The van der Waals surface area contributed by atoms with Crippen LogP contribution in [0, 0.1) is 5.92 Å². The fraction of sp³-hybridized carbons (Fsp3) is 0.731. The second kappa shape index (κ2) is 22.9. The van der Waals surface area contributed by atoms with Crippen molar-refractivity contribution in [2.75, 3.05) is 6.67 Å². The number of alkyl halides is 1. The molecule has 0 fully saturated rings. The van der Waals surface area contributed by atoms with Crippen LogP contribution in [0.4, 0.5) is 4.39 Å². The number of allylic oxidation sites excluding steroid dienone is 6. The molecule has 3 heteroatoms. The molecule has 0 aliphatic carbocycles. The summed E-state index contributed by atoms with van der Waals surface area (Å²) < 4.78 is 11.0. The van der Waals surface area contributed by atoms with Gasteiger partial charge in [-0.05, 0) is 69.6 Å². The van der Waals surface area contributed by atoms with Crippen molar-refractivity contribution >= 4 is 6.29 Å². The monoisotopic (exact) mass is 411 g/mol. The minimum Gasteiger partial charge on any atom is -0.386 e. The second-order valence-electron chi connectivity index (χ2n) is 7.38. The molecule has 0 saturated heterocycles. The lowest BCUT2D eigenvalue weighted by Gasteiger charge is -2.22. The standard InChI is InChI=1S/C20H35NO.C4H9F.C2H6/c1-8-11-16(5)20(14-22)17(6)13-18(7)21-19(10-3)12-15(4)9-2;1-2-3-4-5;1-2/h11,13-15,19,21H,8-10,12H2,1-7H3;2-4H2,1H3;1-2H3/b16-11+,18-13+,20-17-;;. The number of aldehydes is 1. The van der Waals surface area contributed by atoms with Crippen molar-refractivity contribution in [3.05, 3.63) is 34.6 Å². The van der Waals surface area contributed by atoms with E-state index >= 15 is 0 Å². The SMILES string of the molecule is CC.CC/C=C(C)/C(C=O)=C(C)\C=C(/C)NC(CC)CC(C)CC.CCCCF. The summed E-state index contributed by atoms with van der Waals surface area (Å²) in [6.07, 6.45) is 11.3. The van der Waals surface area contributed by atoms with Crippen molar-refractivity contribution in [2.45, 2.75) is 114 Å². The van der Waals surface area contributed by atoms with Gasteiger partial charge in [0.25, 0.3) is 0 Å². The second-order valence-corrected chi connectivity index (χ2v) is 7.38. The summed E-state index contributed by atoms with van der Waals surface area (Å²) in [6, 6.07) is 0.506. The van der Waals surface area contributed by atoms with E-state index in [1.54, 1.807) is 0 Å². The Balaban J connectivity index is -0.000000833. The molecule has 2 unspecified atom stereocenters. The first-order valence-electron chi connectivity index (χ1n) is 11.6. The lowest BCUT2D eigenvalue weighted by Crippen LogP contribution is -2.28. The Labute approximate surface area is 182 Å². The molecule has 0 spiro atoms. The molecule has 2 nitrogen and oxygen atoms in total. The van der Waals surface area contributed by atoms with Crippen LogP contribution in [-0.4, -0.2) is 19.0 Å². The number of nitrogens with one attached hydrogen (secondary N) is 1. The largest absolute Gasteiger partial charge is 0.386 e. The maximum absolute atomic E-state index is 11.4. The molecule has 0 aliphatic rings. The van der Waals surface area contributed by atoms with Gasteiger partial charge in [-0.15, -0.1) is 0 Å². The predicted octanol–water partition coefficient (Wildman–Crippen LogP) is 8.35. The first-order valence-corrected chi connectivity index (χ1v) is 11.6. The van der Waals surface area contributed by atoms with Crippen LogP contribution in [-0.2, 0) is 4.79 Å². The molecule has 1 N–H and O–H groups in total. The average Bonchev–Trinajstić information content (AvgIpc) is 2.70. The van der Waals surface area contributed by atoms with Gasteiger partial charge >= 0.3 is 0 Å². The lowest BCUT2D eigenvalue weighted by atomic mass is 9.97. The van der Waals surface area contributed by atoms with E-state index in [2.05, 4.69) is 52.1 Å². The van der Waals surface area contributed by atoms with Gasteiger partial charge in [-0.1, -0.05) is 67.4 Å². The Bertz CT molecular complexity index is 475. The minimum atomic E-state index is -0.156. The summed E-state index contributed by atoms with van der Waals surface area (Å²) in [4.78, 5) is 11.4. The first kappa shape index (κ1) is 32.3. The van der Waals surface area contributed by atoms with Gasteiger partial charge in [0.15, 0.2) is 6.29 Å². The Morgan fingerprint density at radius 1 is 1.03 bits per heavy atom. The van der Waals surface area contributed by atoms with E-state index in [1.165, 1.54) is 12.8 Å². The van der Waals surface area contributed by atoms with Crippen LogP contribution in [0.3, 0.4) is 0 Å². The number of carbonyl (C=O) groups is 1. The summed E-state index contributed by atoms with van der Waals surface area (Å²) in [6.45, 7) is 20.8. The molecule has 0 aromatic carbocycles. The highest BCUT2D eigenvalue weighted by molar-refractivity contribution is 5.82. The van der Waals surface area contributed by atoms with Gasteiger partial charge in [-0.3, -0.25) is 9.18 Å². The van der Waals surface area contributed by atoms with E-state index < -0.39 is 0 Å². The van der Waals surface area contributed by atoms with E-state index in [9.17, 15) is 9.18 Å². The molecule has 172 valence electrons. The van der Waals surface area contributed by atoms with E-state index in [0.717, 1.165) is 60.3 Å². The van der Waals surface area contributed by atoms with E-state index in [0.29, 0.717) is 6.04 Å². The van der Waals surface area contributed by atoms with Crippen LogP contribution in [0.2, 0.25) is 0 Å². The highest BCUT2D eigenvalue weighted by Crippen LogP contribution is 2.17. The van der Waals surface area contributed by atoms with E-state index in [-0.39, 0.29) is 6.67 Å². The van der Waals surface area contributed by atoms with Crippen molar-refractivity contribution in [3.8, 4) is 0 Å². The summed E-state index contributed by atoms with van der Waals surface area (Å²) in [5, 5.41) is 3.60. The summed E-state index contributed by atoms with van der Waals surface area (Å²) >= 11 is 0. The third-order valence-corrected chi connectivity index (χ3v) is 4.71. The highest BCUT2D eigenvalue weighted by Gasteiger charge is 2.10. The van der Waals surface area contributed by atoms with Crippen molar-refractivity contribution in [3.63, 3.8) is 0 Å². The maximum atomic E-state index is 11.4. The maximum Gasteiger partial charge on any atom is 0.150 e. The normalized spacial score (nSPS) is 14.4. The molecule has 29 heavy (non-hydrogen) atoms. The number of rotatable bonds is 12. The zero-order chi connectivity index (χ0) is 23.2. The van der Waals surface area contributed by atoms with E-state index in [4.69, 9.17) is 0 Å². The Hall–Kier alpha value is -1.38. The molecule has 0 saturated carbocycles. The number of hydrogen-bond acceptors (Lipinski definition) is 2. The molecule has 0 aromatic heterocycles. The molecular formula is C26H50FNO. The number of carbonyl (C=O) groups excluding carboxylic acids is 1. The van der Waals surface area contributed by atoms with Crippen molar-refractivity contribution in [2.24, 2.45) is 5.92 Å². The summed E-state index contributed by atoms with van der Waals surface area (Å²) in [5.74, 6) is 0.738. The van der Waals surface area contributed by atoms with Gasteiger partial charge in [0.2, 0.25) is 0 Å². The zero-order valence-corrected chi connectivity index (χ0v) is 21.1. The Morgan fingerprint density at radius 2 is 1.62 bits per heavy atom. The summed E-state index contributed by atoms with van der Waals surface area (Å²) in [5.41, 5.74) is 4.03. The quantitative estimate of drug-likeness (QED) is 0.198. The van der Waals surface area contributed by atoms with Crippen molar-refractivity contribution < 1.29 is 9.18 Å².